The Labute approximate surface area is 442 Å². The summed E-state index contributed by atoms with van der Waals surface area (Å²) >= 11 is 0. The summed E-state index contributed by atoms with van der Waals surface area (Å²) in [6.45, 7) is 26.2. The zero-order valence-electron chi connectivity index (χ0n) is 44.5. The van der Waals surface area contributed by atoms with Crippen molar-refractivity contribution < 1.29 is 9.84 Å². The van der Waals surface area contributed by atoms with Gasteiger partial charge in [0, 0.05) is 47.7 Å². The summed E-state index contributed by atoms with van der Waals surface area (Å²) in [5, 5.41) is 48.2. The summed E-state index contributed by atoms with van der Waals surface area (Å²) in [6.07, 6.45) is 22.4. The average molecular weight is 1000 g/mol. The monoisotopic (exact) mass is 1000 g/mol. The Kier molecular flexibility index (Phi) is 24.0. The third-order valence-electron chi connectivity index (χ3n) is 11.5. The largest absolute Gasteiger partial charge is 0.505 e. The van der Waals surface area contributed by atoms with Crippen LogP contribution in [0.25, 0.3) is 48.8 Å². The maximum atomic E-state index is 11.9. The van der Waals surface area contributed by atoms with Crippen molar-refractivity contribution in [2.45, 2.75) is 61.5 Å². The Bertz CT molecular complexity index is 3340. The van der Waals surface area contributed by atoms with Gasteiger partial charge < -0.3 is 20.6 Å². The zero-order chi connectivity index (χ0) is 54.7. The molecule has 0 radical (unpaired) electrons. The van der Waals surface area contributed by atoms with Gasteiger partial charge in [-0.3, -0.25) is 4.99 Å². The second kappa shape index (κ2) is 30.7. The molecule has 75 heavy (non-hydrogen) atoms. The molecular weight excluding hydrogens is 931 g/mol. The number of nitrogens with one attached hydrogen (secondary N) is 2. The number of nitroso groups, excluding NO2 is 1. The molecule has 0 saturated heterocycles. The van der Waals surface area contributed by atoms with E-state index in [1.165, 1.54) is 0 Å². The molecule has 12 nitrogen and oxygen atoms in total. The smallest absolute Gasteiger partial charge is 0.216 e. The van der Waals surface area contributed by atoms with Crippen LogP contribution in [0.5, 0.6) is 5.75 Å². The van der Waals surface area contributed by atoms with Gasteiger partial charge in [0.2, 0.25) is 5.90 Å². The summed E-state index contributed by atoms with van der Waals surface area (Å²) in [5.41, 5.74) is 9.56. The van der Waals surface area contributed by atoms with Crippen molar-refractivity contribution in [3.05, 3.63) is 198 Å². The second-order valence-corrected chi connectivity index (χ2v) is 16.5. The number of hydrazone groups is 1. The van der Waals surface area contributed by atoms with E-state index in [0.717, 1.165) is 71.9 Å². The van der Waals surface area contributed by atoms with Crippen molar-refractivity contribution in [1.82, 2.24) is 10.7 Å². The van der Waals surface area contributed by atoms with Crippen LogP contribution in [0, 0.1) is 30.6 Å². The number of phenolic OH excluding ortho intramolecular Hbond substituents is 1. The lowest BCUT2D eigenvalue weighted by Gasteiger charge is -2.14. The van der Waals surface area contributed by atoms with E-state index in [1.54, 1.807) is 7.05 Å². The van der Waals surface area contributed by atoms with Gasteiger partial charge in [-0.15, -0.1) is 34.5 Å². The van der Waals surface area contributed by atoms with Gasteiger partial charge in [0.15, 0.2) is 5.75 Å². The van der Waals surface area contributed by atoms with E-state index in [9.17, 15) is 10.0 Å². The van der Waals surface area contributed by atoms with Crippen molar-refractivity contribution in [3.63, 3.8) is 0 Å². The summed E-state index contributed by atoms with van der Waals surface area (Å²) in [6, 6.07) is 35.8. The van der Waals surface area contributed by atoms with Crippen LogP contribution < -0.4 is 10.7 Å². The lowest BCUT2D eigenvalue weighted by molar-refractivity contribution is 0.277. The number of azo groups is 2. The van der Waals surface area contributed by atoms with Gasteiger partial charge >= 0.3 is 0 Å². The highest BCUT2D eigenvalue weighted by atomic mass is 16.5. The molecule has 0 heterocycles. The van der Waals surface area contributed by atoms with Gasteiger partial charge in [0.25, 0.3) is 0 Å². The number of ether oxygens (including phenoxy) is 1. The van der Waals surface area contributed by atoms with Gasteiger partial charge in [0.1, 0.15) is 23.7 Å². The zero-order valence-corrected chi connectivity index (χ0v) is 44.5. The van der Waals surface area contributed by atoms with Gasteiger partial charge in [-0.25, -0.2) is 0 Å². The minimum atomic E-state index is -0.292. The Hall–Kier alpha value is -9.08. The van der Waals surface area contributed by atoms with Crippen molar-refractivity contribution in [1.29, 1.82) is 0 Å². The van der Waals surface area contributed by atoms with Crippen LogP contribution in [-0.4, -0.2) is 37.9 Å². The molecule has 0 aromatic heterocycles. The van der Waals surface area contributed by atoms with Crippen molar-refractivity contribution in [3.8, 4) is 18.6 Å². The highest BCUT2D eigenvalue weighted by Crippen LogP contribution is 2.43. The molecule has 0 saturated carbocycles. The van der Waals surface area contributed by atoms with E-state index in [2.05, 4.69) is 103 Å². The van der Waals surface area contributed by atoms with E-state index in [1.807, 2.05) is 176 Å². The number of fused-ring (bicyclic) bond motifs is 4. The second-order valence-electron chi connectivity index (χ2n) is 16.5. The first kappa shape index (κ1) is 58.5. The van der Waals surface area contributed by atoms with Crippen LogP contribution in [0.1, 0.15) is 64.7 Å². The molecule has 12 heteroatoms. The summed E-state index contributed by atoms with van der Waals surface area (Å²) < 4.78 is 6.24. The highest BCUT2D eigenvalue weighted by Gasteiger charge is 2.17. The first-order chi connectivity index (χ1) is 36.6. The van der Waals surface area contributed by atoms with E-state index < -0.39 is 0 Å². The van der Waals surface area contributed by atoms with Gasteiger partial charge in [-0.05, 0) is 144 Å². The number of nitrogens with zero attached hydrogens (tertiary/aromatic N) is 7. The highest BCUT2D eigenvalue weighted by molar-refractivity contribution is 6.07. The first-order valence-electron chi connectivity index (χ1n) is 24.8. The molecule has 7 aromatic rings. The number of hydrogen-bond donors (Lipinski definition) is 3. The third-order valence-corrected chi connectivity index (χ3v) is 11.5. The molecule has 7 rings (SSSR count). The van der Waals surface area contributed by atoms with Crippen LogP contribution in [-0.2, 0) is 11.3 Å². The fourth-order valence-corrected chi connectivity index (χ4v) is 7.99. The predicted octanol–water partition coefficient (Wildman–Crippen LogP) is 17.7. The van der Waals surface area contributed by atoms with E-state index in [-0.39, 0.29) is 30.5 Å². The number of allylic oxidation sites excluding steroid dienone is 5. The predicted molar refractivity (Wildman–Crippen MR) is 319 cm³/mol. The molecule has 0 amide bonds. The molecule has 1 atom stereocenters. The molecule has 0 bridgehead atoms. The number of benzene rings is 7. The van der Waals surface area contributed by atoms with Crippen molar-refractivity contribution >= 4 is 84.2 Å². The summed E-state index contributed by atoms with van der Waals surface area (Å²) in [4.78, 5) is 15.8. The van der Waals surface area contributed by atoms with Crippen LogP contribution in [0.2, 0.25) is 0 Å². The fourth-order valence-electron chi connectivity index (χ4n) is 7.99. The minimum Gasteiger partial charge on any atom is -0.505 e. The SMILES string of the molecule is C#C.C=C(NCC)c1cc2cc3ccccc3cc2c(N=NC/C=C\C(C=CC)/C(=N/NC)OCc2ccc(N=Nc3c(N=O)c(C)cc4cc5ccccc5cc34)cc2)c1O.C=CC/C(N=C)=C(C)\C=C/C.CC. The third kappa shape index (κ3) is 15.7. The average Bonchev–Trinajstić information content (AvgIpc) is 3.43. The molecule has 1 unspecified atom stereocenters. The Morgan fingerprint density at radius 2 is 1.39 bits per heavy atom. The molecule has 3 N–H and O–H groups in total. The fraction of sp³-hybridized carbons (Fsp3) is 0.206. The van der Waals surface area contributed by atoms with Crippen LogP contribution in [0.15, 0.2) is 212 Å². The normalized spacial score (nSPS) is 12.3. The van der Waals surface area contributed by atoms with Gasteiger partial charge in [0.05, 0.1) is 18.2 Å². The Morgan fingerprint density at radius 3 is 1.93 bits per heavy atom. The number of aromatic hydroxyl groups is 1. The van der Waals surface area contributed by atoms with Gasteiger partial charge in [-0.2, -0.15) is 15.3 Å². The molecule has 0 fully saturated rings. The number of terminal acetylenes is 1. The van der Waals surface area contributed by atoms with E-state index in [0.29, 0.717) is 40.8 Å². The number of rotatable bonds is 19. The summed E-state index contributed by atoms with van der Waals surface area (Å²) in [7, 11) is 1.72. The number of aliphatic imine (C=N–C) groups is 1. The van der Waals surface area contributed by atoms with Crippen LogP contribution in [0.4, 0.5) is 22.7 Å². The molecule has 0 spiro atoms. The summed E-state index contributed by atoms with van der Waals surface area (Å²) in [5.74, 6) is 0.194. The number of hydrogen-bond acceptors (Lipinski definition) is 12. The molecule has 384 valence electrons. The minimum absolute atomic E-state index is 0.0225. The van der Waals surface area contributed by atoms with Crippen molar-refractivity contribution in [2.75, 3.05) is 20.1 Å². The number of phenols is 1. The molecular formula is C63H69N9O3. The van der Waals surface area contributed by atoms with E-state index >= 15 is 0 Å². The molecule has 7 aromatic carbocycles. The van der Waals surface area contributed by atoms with Gasteiger partial charge in [-0.1, -0.05) is 124 Å². The molecule has 0 aliphatic heterocycles. The number of aryl methyl sites for hydroxylation is 1. The Balaban J connectivity index is 0.000000715. The lowest BCUT2D eigenvalue weighted by atomic mass is 9.98. The van der Waals surface area contributed by atoms with Crippen LogP contribution in [0.3, 0.4) is 0 Å². The van der Waals surface area contributed by atoms with Crippen LogP contribution >= 0.6 is 0 Å². The topological polar surface area (TPSA) is 157 Å². The maximum Gasteiger partial charge on any atom is 0.216 e. The maximum absolute atomic E-state index is 11.9. The standard InChI is InChI=1S/C49H46N8O3.C10H15N.C2H6.C2H2/c1-6-13-34(18-12-23-52-54-47-44-28-38-17-11-9-15-36(38)26-40(44)29-42(48(47)58)32(4)51-7-2)49(56-50-5)60-30-33-19-21-41(22-20-33)53-55-46-43-27-37-16-10-8-14-35(37)25-39(43)24-31(3)45(46)57-59;1-5-7-9(3)10(11-4)8-6-2;2*1-2/h6,8-22,24-29,34,50-51,58H,4,7,23,30H2,1-3,5H3;5-7H,2,4,8H2,1,3H3;1-2H3;1-2H/b13-6?,18-12-,54-52?,55-53?,56-49-;7-5-,10-9+;;. The molecule has 0 aliphatic rings. The Morgan fingerprint density at radius 1 is 0.787 bits per heavy atom. The lowest BCUT2D eigenvalue weighted by Crippen LogP contribution is -2.18. The van der Waals surface area contributed by atoms with E-state index in [4.69, 9.17) is 4.74 Å². The van der Waals surface area contributed by atoms with Crippen molar-refractivity contribution in [2.24, 2.45) is 41.6 Å². The first-order valence-corrected chi connectivity index (χ1v) is 24.8. The quantitative estimate of drug-likeness (QED) is 0.00846. The molecule has 0 aliphatic carbocycles.